The Morgan fingerprint density at radius 1 is 1.37 bits per heavy atom. The molecule has 0 radical (unpaired) electrons. The standard InChI is InChI=1S/C13H20FN5/c1-18-5-2-3-9-8-19(6-4-11(9)18)12-10(14)7-16-13(15)17-12/h7,9,11H,2-6,8H2,1H3,(H2,15,16,17). The largest absolute Gasteiger partial charge is 0.368 e. The number of nitrogen functional groups attached to an aromatic ring is 1. The number of hydrogen-bond acceptors (Lipinski definition) is 5. The van der Waals surface area contributed by atoms with Gasteiger partial charge in [-0.15, -0.1) is 0 Å². The van der Waals surface area contributed by atoms with Crippen LogP contribution in [-0.2, 0) is 0 Å². The monoisotopic (exact) mass is 265 g/mol. The van der Waals surface area contributed by atoms with Crippen LogP contribution in [0.2, 0.25) is 0 Å². The van der Waals surface area contributed by atoms with Crippen molar-refractivity contribution in [3.05, 3.63) is 12.0 Å². The molecular weight excluding hydrogens is 245 g/mol. The van der Waals surface area contributed by atoms with E-state index in [2.05, 4.69) is 21.9 Å². The number of likely N-dealkylation sites (tertiary alicyclic amines) is 1. The highest BCUT2D eigenvalue weighted by atomic mass is 19.1. The quantitative estimate of drug-likeness (QED) is 0.824. The highest BCUT2D eigenvalue weighted by Gasteiger charge is 2.35. The van der Waals surface area contributed by atoms with Gasteiger partial charge >= 0.3 is 0 Å². The molecule has 2 fully saturated rings. The fraction of sp³-hybridized carbons (Fsp3) is 0.692. The molecule has 2 saturated heterocycles. The molecule has 1 aromatic heterocycles. The number of nitrogens with zero attached hydrogens (tertiary/aromatic N) is 4. The Hall–Kier alpha value is -1.43. The van der Waals surface area contributed by atoms with Crippen LogP contribution in [0, 0.1) is 11.7 Å². The van der Waals surface area contributed by atoms with Gasteiger partial charge in [-0.3, -0.25) is 0 Å². The molecule has 2 N–H and O–H groups in total. The summed E-state index contributed by atoms with van der Waals surface area (Å²) in [4.78, 5) is 12.2. The number of nitrogens with two attached hydrogens (primary N) is 1. The van der Waals surface area contributed by atoms with Gasteiger partial charge in [-0.25, -0.2) is 9.37 Å². The molecule has 2 aliphatic rings. The van der Waals surface area contributed by atoms with E-state index in [1.54, 1.807) is 0 Å². The number of piperidine rings is 2. The summed E-state index contributed by atoms with van der Waals surface area (Å²) < 4.78 is 13.8. The molecule has 19 heavy (non-hydrogen) atoms. The van der Waals surface area contributed by atoms with Gasteiger partial charge in [0.1, 0.15) is 0 Å². The Morgan fingerprint density at radius 2 is 2.21 bits per heavy atom. The molecule has 0 spiro atoms. The summed E-state index contributed by atoms with van der Waals surface area (Å²) in [7, 11) is 2.19. The Labute approximate surface area is 112 Å². The second-order valence-electron chi connectivity index (χ2n) is 5.58. The average Bonchev–Trinajstić information content (AvgIpc) is 2.41. The summed E-state index contributed by atoms with van der Waals surface area (Å²) in [6, 6.07) is 0.632. The van der Waals surface area contributed by atoms with Gasteiger partial charge in [-0.1, -0.05) is 0 Å². The molecule has 2 unspecified atom stereocenters. The lowest BCUT2D eigenvalue weighted by molar-refractivity contribution is 0.102. The van der Waals surface area contributed by atoms with Crippen molar-refractivity contribution in [3.8, 4) is 0 Å². The van der Waals surface area contributed by atoms with Crippen molar-refractivity contribution in [2.45, 2.75) is 25.3 Å². The maximum absolute atomic E-state index is 13.8. The molecular formula is C13H20FN5. The van der Waals surface area contributed by atoms with Gasteiger partial charge in [-0.2, -0.15) is 4.98 Å². The van der Waals surface area contributed by atoms with Crippen molar-refractivity contribution in [2.75, 3.05) is 37.3 Å². The minimum Gasteiger partial charge on any atom is -0.368 e. The van der Waals surface area contributed by atoms with E-state index in [0.717, 1.165) is 25.7 Å². The van der Waals surface area contributed by atoms with Crippen LogP contribution in [-0.4, -0.2) is 47.6 Å². The van der Waals surface area contributed by atoms with E-state index in [1.807, 2.05) is 4.90 Å². The van der Waals surface area contributed by atoms with E-state index in [-0.39, 0.29) is 11.8 Å². The first-order chi connectivity index (χ1) is 9.15. The first kappa shape index (κ1) is 12.6. The van der Waals surface area contributed by atoms with Gasteiger partial charge in [-0.05, 0) is 38.8 Å². The smallest absolute Gasteiger partial charge is 0.222 e. The molecule has 0 bridgehead atoms. The van der Waals surface area contributed by atoms with E-state index in [9.17, 15) is 4.39 Å². The van der Waals surface area contributed by atoms with Crippen LogP contribution in [0.5, 0.6) is 0 Å². The number of fused-ring (bicyclic) bond motifs is 1. The SMILES string of the molecule is CN1CCCC2CN(c3nc(N)ncc3F)CCC21. The third-order valence-electron chi connectivity index (χ3n) is 4.39. The van der Waals surface area contributed by atoms with Crippen molar-refractivity contribution in [3.63, 3.8) is 0 Å². The van der Waals surface area contributed by atoms with Crippen LogP contribution in [0.4, 0.5) is 16.2 Å². The summed E-state index contributed by atoms with van der Waals surface area (Å²) in [5, 5.41) is 0. The van der Waals surface area contributed by atoms with Crippen LogP contribution in [0.1, 0.15) is 19.3 Å². The summed E-state index contributed by atoms with van der Waals surface area (Å²) >= 11 is 0. The zero-order chi connectivity index (χ0) is 13.4. The van der Waals surface area contributed by atoms with Crippen LogP contribution in [0.3, 0.4) is 0 Å². The molecule has 0 saturated carbocycles. The molecule has 3 rings (SSSR count). The fourth-order valence-corrected chi connectivity index (χ4v) is 3.44. The molecule has 0 amide bonds. The maximum Gasteiger partial charge on any atom is 0.222 e. The van der Waals surface area contributed by atoms with E-state index < -0.39 is 0 Å². The fourth-order valence-electron chi connectivity index (χ4n) is 3.44. The lowest BCUT2D eigenvalue weighted by Gasteiger charge is -2.46. The lowest BCUT2D eigenvalue weighted by Crippen LogP contribution is -2.53. The minimum atomic E-state index is -0.378. The number of aromatic nitrogens is 2. The maximum atomic E-state index is 13.8. The topological polar surface area (TPSA) is 58.3 Å². The summed E-state index contributed by atoms with van der Waals surface area (Å²) in [6.45, 7) is 2.87. The van der Waals surface area contributed by atoms with Gasteiger partial charge in [0.25, 0.3) is 0 Å². The lowest BCUT2D eigenvalue weighted by atomic mass is 9.84. The molecule has 3 heterocycles. The molecule has 2 aliphatic heterocycles. The molecule has 0 aliphatic carbocycles. The van der Waals surface area contributed by atoms with Crippen LogP contribution in [0.15, 0.2) is 6.20 Å². The van der Waals surface area contributed by atoms with Crippen molar-refractivity contribution >= 4 is 11.8 Å². The number of rotatable bonds is 1. The minimum absolute atomic E-state index is 0.138. The molecule has 0 aromatic carbocycles. The van der Waals surface area contributed by atoms with Crippen LogP contribution < -0.4 is 10.6 Å². The third kappa shape index (κ3) is 2.36. The highest BCUT2D eigenvalue weighted by Crippen LogP contribution is 2.32. The zero-order valence-electron chi connectivity index (χ0n) is 11.2. The predicted octanol–water partition coefficient (Wildman–Crippen LogP) is 1.12. The van der Waals surface area contributed by atoms with Crippen molar-refractivity contribution in [2.24, 2.45) is 5.92 Å². The first-order valence-electron chi connectivity index (χ1n) is 6.88. The highest BCUT2D eigenvalue weighted by molar-refractivity contribution is 5.43. The number of hydrogen-bond donors (Lipinski definition) is 1. The Morgan fingerprint density at radius 3 is 3.05 bits per heavy atom. The van der Waals surface area contributed by atoms with Crippen LogP contribution in [0.25, 0.3) is 0 Å². The summed E-state index contributed by atoms with van der Waals surface area (Å²) in [5.41, 5.74) is 5.56. The number of anilines is 2. The van der Waals surface area contributed by atoms with E-state index in [4.69, 9.17) is 5.73 Å². The molecule has 5 nitrogen and oxygen atoms in total. The van der Waals surface area contributed by atoms with Gasteiger partial charge in [0.2, 0.25) is 5.95 Å². The van der Waals surface area contributed by atoms with Gasteiger partial charge < -0.3 is 15.5 Å². The first-order valence-corrected chi connectivity index (χ1v) is 6.88. The Balaban J connectivity index is 1.79. The van der Waals surface area contributed by atoms with E-state index in [1.165, 1.54) is 19.4 Å². The Kier molecular flexibility index (Phi) is 3.26. The number of halogens is 1. The second-order valence-corrected chi connectivity index (χ2v) is 5.58. The average molecular weight is 265 g/mol. The second kappa shape index (κ2) is 4.92. The predicted molar refractivity (Wildman–Crippen MR) is 72.4 cm³/mol. The molecule has 6 heteroatoms. The van der Waals surface area contributed by atoms with E-state index >= 15 is 0 Å². The zero-order valence-corrected chi connectivity index (χ0v) is 11.2. The van der Waals surface area contributed by atoms with Gasteiger partial charge in [0, 0.05) is 19.1 Å². The summed E-state index contributed by atoms with van der Waals surface area (Å²) in [5.74, 6) is 0.721. The Bertz CT molecular complexity index is 466. The third-order valence-corrected chi connectivity index (χ3v) is 4.39. The van der Waals surface area contributed by atoms with Gasteiger partial charge in [0.15, 0.2) is 11.6 Å². The van der Waals surface area contributed by atoms with Crippen molar-refractivity contribution in [1.82, 2.24) is 14.9 Å². The summed E-state index contributed by atoms with van der Waals surface area (Å²) in [6.07, 6.45) is 4.66. The molecule has 104 valence electrons. The normalized spacial score (nSPS) is 28.2. The molecule has 1 aromatic rings. The van der Waals surface area contributed by atoms with Crippen molar-refractivity contribution in [1.29, 1.82) is 0 Å². The van der Waals surface area contributed by atoms with Crippen LogP contribution >= 0.6 is 0 Å². The van der Waals surface area contributed by atoms with Crippen molar-refractivity contribution < 1.29 is 4.39 Å². The molecule has 2 atom stereocenters. The van der Waals surface area contributed by atoms with E-state index in [0.29, 0.717) is 17.8 Å². The van der Waals surface area contributed by atoms with Gasteiger partial charge in [0.05, 0.1) is 6.20 Å².